The largest absolute Gasteiger partial charge is 0.371 e. The maximum Gasteiger partial charge on any atom is 0.225 e. The van der Waals surface area contributed by atoms with Crippen molar-refractivity contribution in [1.29, 1.82) is 0 Å². The quantitative estimate of drug-likeness (QED) is 0.784. The number of carbonyl (C=O) groups is 1. The van der Waals surface area contributed by atoms with E-state index < -0.39 is 0 Å². The predicted octanol–water partition coefficient (Wildman–Crippen LogP) is 3.35. The summed E-state index contributed by atoms with van der Waals surface area (Å²) in [6, 6.07) is 3.89. The van der Waals surface area contributed by atoms with Crippen molar-refractivity contribution in [3.63, 3.8) is 0 Å². The lowest BCUT2D eigenvalue weighted by molar-refractivity contribution is -0.136. The van der Waals surface area contributed by atoms with Crippen LogP contribution < -0.4 is 4.90 Å². The maximum atomic E-state index is 12.7. The second-order valence-electron chi connectivity index (χ2n) is 6.34. The van der Waals surface area contributed by atoms with Gasteiger partial charge in [-0.15, -0.1) is 0 Å². The molecule has 120 valence electrons. The van der Waals surface area contributed by atoms with Gasteiger partial charge in [0.15, 0.2) is 0 Å². The molecule has 2 aliphatic rings. The van der Waals surface area contributed by atoms with Crippen molar-refractivity contribution in [2.45, 2.75) is 38.5 Å². The molecule has 0 N–H and O–H groups in total. The van der Waals surface area contributed by atoms with Gasteiger partial charge in [-0.2, -0.15) is 0 Å². The number of piperidine rings is 1. The van der Waals surface area contributed by atoms with Crippen LogP contribution in [0.5, 0.6) is 0 Å². The van der Waals surface area contributed by atoms with Crippen molar-refractivity contribution in [3.8, 4) is 0 Å². The molecule has 0 spiro atoms. The van der Waals surface area contributed by atoms with Gasteiger partial charge >= 0.3 is 0 Å². The number of aromatic nitrogens is 1. The fourth-order valence-electron chi connectivity index (χ4n) is 3.52. The highest BCUT2D eigenvalue weighted by molar-refractivity contribution is 6.29. The number of carbonyl (C=O) groups excluding carboxylic acids is 1. The van der Waals surface area contributed by atoms with E-state index in [-0.39, 0.29) is 5.92 Å². The van der Waals surface area contributed by atoms with Gasteiger partial charge < -0.3 is 9.80 Å². The fraction of sp³-hybridized carbons (Fsp3) is 0.647. The summed E-state index contributed by atoms with van der Waals surface area (Å²) in [6.45, 7) is 3.76. The Morgan fingerprint density at radius 3 is 2.41 bits per heavy atom. The molecule has 2 aliphatic heterocycles. The molecule has 1 amide bonds. The second kappa shape index (κ2) is 7.32. The molecule has 0 atom stereocenters. The first kappa shape index (κ1) is 15.6. The van der Waals surface area contributed by atoms with Crippen LogP contribution in [0, 0.1) is 5.92 Å². The number of amides is 1. The summed E-state index contributed by atoms with van der Waals surface area (Å²) in [5.41, 5.74) is 1.11. The van der Waals surface area contributed by atoms with Crippen molar-refractivity contribution in [1.82, 2.24) is 9.88 Å². The monoisotopic (exact) mass is 321 g/mol. The van der Waals surface area contributed by atoms with Crippen LogP contribution in [-0.2, 0) is 4.79 Å². The molecule has 3 heterocycles. The van der Waals surface area contributed by atoms with Gasteiger partial charge in [-0.3, -0.25) is 4.79 Å². The Bertz CT molecular complexity index is 506. The third-order valence-electron chi connectivity index (χ3n) is 4.84. The van der Waals surface area contributed by atoms with Gasteiger partial charge in [0.2, 0.25) is 5.91 Å². The van der Waals surface area contributed by atoms with Gasteiger partial charge in [0.1, 0.15) is 5.15 Å². The number of nitrogens with zero attached hydrogens (tertiary/aromatic N) is 3. The number of halogens is 1. The minimum atomic E-state index is 0.201. The number of pyridine rings is 1. The average Bonchev–Trinajstić information content (AvgIpc) is 2.84. The Labute approximate surface area is 137 Å². The Morgan fingerprint density at radius 1 is 1.09 bits per heavy atom. The summed E-state index contributed by atoms with van der Waals surface area (Å²) in [7, 11) is 0. The molecule has 1 aromatic rings. The zero-order valence-corrected chi connectivity index (χ0v) is 13.8. The lowest BCUT2D eigenvalue weighted by atomic mass is 9.95. The first-order chi connectivity index (χ1) is 10.7. The molecular formula is C17H24ClN3O. The van der Waals surface area contributed by atoms with E-state index in [2.05, 4.69) is 14.8 Å². The van der Waals surface area contributed by atoms with Crippen LogP contribution in [0.2, 0.25) is 5.15 Å². The minimum absolute atomic E-state index is 0.201. The average molecular weight is 322 g/mol. The zero-order chi connectivity index (χ0) is 15.4. The van der Waals surface area contributed by atoms with Crippen LogP contribution in [0.15, 0.2) is 18.3 Å². The lowest BCUT2D eigenvalue weighted by Gasteiger charge is -2.35. The van der Waals surface area contributed by atoms with Crippen molar-refractivity contribution in [2.75, 3.05) is 31.1 Å². The van der Waals surface area contributed by atoms with Crippen molar-refractivity contribution in [3.05, 3.63) is 23.5 Å². The van der Waals surface area contributed by atoms with Gasteiger partial charge in [0, 0.05) is 44.0 Å². The smallest absolute Gasteiger partial charge is 0.225 e. The summed E-state index contributed by atoms with van der Waals surface area (Å²) in [5, 5.41) is 0.528. The number of rotatable bonds is 2. The molecule has 0 saturated carbocycles. The summed E-state index contributed by atoms with van der Waals surface area (Å²) >= 11 is 5.96. The number of hydrogen-bond acceptors (Lipinski definition) is 3. The maximum absolute atomic E-state index is 12.7. The van der Waals surface area contributed by atoms with Crippen molar-refractivity contribution >= 4 is 23.2 Å². The van der Waals surface area contributed by atoms with E-state index in [1.54, 1.807) is 6.20 Å². The Hall–Kier alpha value is -1.29. The van der Waals surface area contributed by atoms with Gasteiger partial charge in [0.05, 0.1) is 0 Å². The summed E-state index contributed by atoms with van der Waals surface area (Å²) in [5.74, 6) is 0.584. The van der Waals surface area contributed by atoms with Crippen LogP contribution in [-0.4, -0.2) is 42.0 Å². The zero-order valence-electron chi connectivity index (χ0n) is 13.0. The third kappa shape index (κ3) is 3.72. The molecule has 3 rings (SSSR count). The molecule has 4 nitrogen and oxygen atoms in total. The van der Waals surface area contributed by atoms with E-state index in [4.69, 9.17) is 11.6 Å². The van der Waals surface area contributed by atoms with Crippen LogP contribution in [0.3, 0.4) is 0 Å². The molecule has 22 heavy (non-hydrogen) atoms. The van der Waals surface area contributed by atoms with Gasteiger partial charge in [-0.1, -0.05) is 24.4 Å². The van der Waals surface area contributed by atoms with Crippen molar-refractivity contribution < 1.29 is 4.79 Å². The highest BCUT2D eigenvalue weighted by atomic mass is 35.5. The molecule has 1 aromatic heterocycles. The van der Waals surface area contributed by atoms with Gasteiger partial charge in [-0.05, 0) is 37.8 Å². The Kier molecular flexibility index (Phi) is 5.19. The third-order valence-corrected chi connectivity index (χ3v) is 5.04. The summed E-state index contributed by atoms with van der Waals surface area (Å²) < 4.78 is 0. The summed E-state index contributed by atoms with van der Waals surface area (Å²) in [6.07, 6.45) is 8.49. The first-order valence-electron chi connectivity index (χ1n) is 8.39. The van der Waals surface area contributed by atoms with E-state index in [0.717, 1.165) is 44.7 Å². The molecule has 0 bridgehead atoms. The van der Waals surface area contributed by atoms with E-state index in [1.807, 2.05) is 12.1 Å². The van der Waals surface area contributed by atoms with Gasteiger partial charge in [-0.25, -0.2) is 4.98 Å². The van der Waals surface area contributed by atoms with Gasteiger partial charge in [0.25, 0.3) is 0 Å². The first-order valence-corrected chi connectivity index (χ1v) is 8.77. The highest BCUT2D eigenvalue weighted by Crippen LogP contribution is 2.26. The molecule has 0 aromatic carbocycles. The Balaban J connectivity index is 1.55. The van der Waals surface area contributed by atoms with E-state index >= 15 is 0 Å². The fourth-order valence-corrected chi connectivity index (χ4v) is 3.69. The van der Waals surface area contributed by atoms with E-state index in [1.165, 1.54) is 25.7 Å². The molecule has 2 fully saturated rings. The number of anilines is 1. The topological polar surface area (TPSA) is 36.4 Å². The highest BCUT2D eigenvalue weighted by Gasteiger charge is 2.28. The SMILES string of the molecule is O=C(C1CCN(c2ccnc(Cl)c2)CC1)N1CCCCCC1. The molecule has 2 saturated heterocycles. The normalized spacial score (nSPS) is 20.8. The molecule has 5 heteroatoms. The van der Waals surface area contributed by atoms with Crippen LogP contribution >= 0.6 is 11.6 Å². The predicted molar refractivity (Wildman–Crippen MR) is 89.2 cm³/mol. The number of hydrogen-bond donors (Lipinski definition) is 0. The standard InChI is InChI=1S/C17H24ClN3O/c18-16-13-15(5-8-19-16)20-11-6-14(7-12-20)17(22)21-9-3-1-2-4-10-21/h5,8,13-14H,1-4,6-7,9-12H2. The molecule has 0 radical (unpaired) electrons. The molecule has 0 unspecified atom stereocenters. The summed E-state index contributed by atoms with van der Waals surface area (Å²) in [4.78, 5) is 21.1. The van der Waals surface area contributed by atoms with Crippen LogP contribution in [0.1, 0.15) is 38.5 Å². The van der Waals surface area contributed by atoms with Crippen molar-refractivity contribution in [2.24, 2.45) is 5.92 Å². The van der Waals surface area contributed by atoms with E-state index in [0.29, 0.717) is 11.1 Å². The second-order valence-corrected chi connectivity index (χ2v) is 6.72. The molecule has 0 aliphatic carbocycles. The minimum Gasteiger partial charge on any atom is -0.371 e. The number of likely N-dealkylation sites (tertiary alicyclic amines) is 1. The Morgan fingerprint density at radius 2 is 1.77 bits per heavy atom. The lowest BCUT2D eigenvalue weighted by Crippen LogP contribution is -2.43. The van der Waals surface area contributed by atoms with E-state index in [9.17, 15) is 4.79 Å². The van der Waals surface area contributed by atoms with Crippen LogP contribution in [0.25, 0.3) is 0 Å². The van der Waals surface area contributed by atoms with Crippen LogP contribution in [0.4, 0.5) is 5.69 Å². The molecular weight excluding hydrogens is 298 g/mol.